The summed E-state index contributed by atoms with van der Waals surface area (Å²) in [5.74, 6) is 1.42. The molecule has 0 bridgehead atoms. The quantitative estimate of drug-likeness (QED) is 0.898. The van der Waals surface area contributed by atoms with E-state index in [9.17, 15) is 13.2 Å². The standard InChI is InChI=1S/C12H13F3N4/c1-8-17-11(19-18-8)6-7-16-10-4-2-9(3-5-10)12(13,14)15/h2-5,16H,6-7H2,1H3,(H,17,18,19). The smallest absolute Gasteiger partial charge is 0.385 e. The molecule has 0 atom stereocenters. The van der Waals surface area contributed by atoms with E-state index >= 15 is 0 Å². The van der Waals surface area contributed by atoms with Crippen LogP contribution in [0.2, 0.25) is 0 Å². The highest BCUT2D eigenvalue weighted by Crippen LogP contribution is 2.29. The monoisotopic (exact) mass is 270 g/mol. The van der Waals surface area contributed by atoms with Crippen LogP contribution in [0.3, 0.4) is 0 Å². The predicted molar refractivity (Wildman–Crippen MR) is 64.8 cm³/mol. The van der Waals surface area contributed by atoms with Crippen molar-refractivity contribution in [3.8, 4) is 0 Å². The maximum Gasteiger partial charge on any atom is 0.416 e. The van der Waals surface area contributed by atoms with E-state index in [1.807, 2.05) is 0 Å². The van der Waals surface area contributed by atoms with Crippen molar-refractivity contribution in [2.45, 2.75) is 19.5 Å². The van der Waals surface area contributed by atoms with E-state index in [1.54, 1.807) is 6.92 Å². The number of anilines is 1. The molecule has 0 unspecified atom stereocenters. The van der Waals surface area contributed by atoms with E-state index in [0.29, 0.717) is 24.5 Å². The molecule has 4 nitrogen and oxygen atoms in total. The number of H-pyrrole nitrogens is 1. The molecule has 0 radical (unpaired) electrons. The molecule has 1 heterocycles. The van der Waals surface area contributed by atoms with Crippen molar-refractivity contribution >= 4 is 5.69 Å². The Labute approximate surface area is 108 Å². The molecule has 0 aliphatic rings. The molecule has 2 rings (SSSR count). The van der Waals surface area contributed by atoms with Gasteiger partial charge in [-0.25, -0.2) is 4.98 Å². The number of alkyl halides is 3. The van der Waals surface area contributed by atoms with Crippen molar-refractivity contribution in [1.29, 1.82) is 0 Å². The van der Waals surface area contributed by atoms with E-state index in [0.717, 1.165) is 18.0 Å². The second-order valence-electron chi connectivity index (χ2n) is 4.09. The molecule has 2 N–H and O–H groups in total. The molecule has 19 heavy (non-hydrogen) atoms. The summed E-state index contributed by atoms with van der Waals surface area (Å²) >= 11 is 0. The van der Waals surface area contributed by atoms with Crippen molar-refractivity contribution in [2.24, 2.45) is 0 Å². The minimum absolute atomic E-state index is 0.558. The van der Waals surface area contributed by atoms with Crippen molar-refractivity contribution in [3.63, 3.8) is 0 Å². The lowest BCUT2D eigenvalue weighted by molar-refractivity contribution is -0.137. The zero-order valence-electron chi connectivity index (χ0n) is 10.3. The van der Waals surface area contributed by atoms with Crippen molar-refractivity contribution in [3.05, 3.63) is 41.5 Å². The van der Waals surface area contributed by atoms with Crippen LogP contribution < -0.4 is 5.32 Å². The third kappa shape index (κ3) is 3.70. The third-order valence-corrected chi connectivity index (χ3v) is 2.53. The first kappa shape index (κ1) is 13.4. The van der Waals surface area contributed by atoms with Gasteiger partial charge in [0.25, 0.3) is 0 Å². The Bertz CT molecular complexity index is 531. The van der Waals surface area contributed by atoms with Gasteiger partial charge in [0.05, 0.1) is 5.56 Å². The van der Waals surface area contributed by atoms with Crippen LogP contribution in [0, 0.1) is 6.92 Å². The zero-order valence-corrected chi connectivity index (χ0v) is 10.3. The molecule has 7 heteroatoms. The first-order chi connectivity index (χ1) is 8.95. The number of rotatable bonds is 4. The minimum atomic E-state index is -4.30. The van der Waals surface area contributed by atoms with Gasteiger partial charge in [-0.3, -0.25) is 5.10 Å². The fourth-order valence-corrected chi connectivity index (χ4v) is 1.60. The summed E-state index contributed by atoms with van der Waals surface area (Å²) in [5.41, 5.74) is -0.0112. The largest absolute Gasteiger partial charge is 0.416 e. The van der Waals surface area contributed by atoms with E-state index in [2.05, 4.69) is 20.5 Å². The molecule has 1 aromatic heterocycles. The number of aryl methyl sites for hydroxylation is 1. The van der Waals surface area contributed by atoms with E-state index in [4.69, 9.17) is 0 Å². The van der Waals surface area contributed by atoms with Gasteiger partial charge >= 0.3 is 6.18 Å². The third-order valence-electron chi connectivity index (χ3n) is 2.53. The van der Waals surface area contributed by atoms with Crippen LogP contribution in [-0.4, -0.2) is 21.7 Å². The topological polar surface area (TPSA) is 53.6 Å². The molecule has 1 aromatic carbocycles. The van der Waals surface area contributed by atoms with Crippen molar-refractivity contribution < 1.29 is 13.2 Å². The summed E-state index contributed by atoms with van der Waals surface area (Å²) < 4.78 is 37.1. The lowest BCUT2D eigenvalue weighted by atomic mass is 10.2. The number of benzene rings is 1. The Kier molecular flexibility index (Phi) is 3.73. The minimum Gasteiger partial charge on any atom is -0.385 e. The van der Waals surface area contributed by atoms with Gasteiger partial charge in [0, 0.05) is 18.7 Å². The van der Waals surface area contributed by atoms with Crippen molar-refractivity contribution in [2.75, 3.05) is 11.9 Å². The van der Waals surface area contributed by atoms with Gasteiger partial charge in [-0.1, -0.05) is 0 Å². The molecule has 0 saturated heterocycles. The average molecular weight is 270 g/mol. The van der Waals surface area contributed by atoms with Crippen LogP contribution in [0.5, 0.6) is 0 Å². The molecule has 0 spiro atoms. The van der Waals surface area contributed by atoms with Gasteiger partial charge in [0.15, 0.2) is 5.82 Å². The van der Waals surface area contributed by atoms with E-state index in [1.165, 1.54) is 12.1 Å². The summed E-state index contributed by atoms with van der Waals surface area (Å²) in [5, 5.41) is 9.72. The summed E-state index contributed by atoms with van der Waals surface area (Å²) in [7, 11) is 0. The van der Waals surface area contributed by atoms with Gasteiger partial charge in [-0.15, -0.1) is 0 Å². The van der Waals surface area contributed by atoms with Crippen LogP contribution in [0.1, 0.15) is 17.2 Å². The molecule has 102 valence electrons. The fourth-order valence-electron chi connectivity index (χ4n) is 1.60. The Hall–Kier alpha value is -2.05. The van der Waals surface area contributed by atoms with Crippen LogP contribution in [0.25, 0.3) is 0 Å². The molecule has 0 aliphatic heterocycles. The second kappa shape index (κ2) is 5.29. The molecule has 0 saturated carbocycles. The molecule has 0 aliphatic carbocycles. The Balaban J connectivity index is 1.86. The number of hydrogen-bond donors (Lipinski definition) is 2. The molecule has 2 aromatic rings. The molecule has 0 fully saturated rings. The van der Waals surface area contributed by atoms with Crippen LogP contribution in [0.15, 0.2) is 24.3 Å². The zero-order chi connectivity index (χ0) is 13.9. The highest BCUT2D eigenvalue weighted by atomic mass is 19.4. The normalized spacial score (nSPS) is 11.6. The molecular formula is C12H13F3N4. The Morgan fingerprint density at radius 2 is 1.89 bits per heavy atom. The number of aromatic amines is 1. The number of halogens is 3. The van der Waals surface area contributed by atoms with Crippen LogP contribution in [0.4, 0.5) is 18.9 Å². The van der Waals surface area contributed by atoms with Crippen LogP contribution in [-0.2, 0) is 12.6 Å². The molecule has 0 amide bonds. The number of hydrogen-bond acceptors (Lipinski definition) is 3. The first-order valence-corrected chi connectivity index (χ1v) is 5.74. The SMILES string of the molecule is Cc1nc(CCNc2ccc(C(F)(F)F)cc2)n[nH]1. The second-order valence-corrected chi connectivity index (χ2v) is 4.09. The first-order valence-electron chi connectivity index (χ1n) is 5.74. The number of aromatic nitrogens is 3. The maximum absolute atomic E-state index is 12.4. The van der Waals surface area contributed by atoms with Gasteiger partial charge in [-0.05, 0) is 31.2 Å². The summed E-state index contributed by atoms with van der Waals surface area (Å²) in [6, 6.07) is 4.93. The highest BCUT2D eigenvalue weighted by Gasteiger charge is 2.29. The van der Waals surface area contributed by atoms with Gasteiger partial charge in [-0.2, -0.15) is 18.3 Å². The Morgan fingerprint density at radius 3 is 2.42 bits per heavy atom. The summed E-state index contributed by atoms with van der Waals surface area (Å²) in [4.78, 5) is 4.13. The number of nitrogens with zero attached hydrogens (tertiary/aromatic N) is 2. The number of nitrogens with one attached hydrogen (secondary N) is 2. The van der Waals surface area contributed by atoms with Crippen LogP contribution >= 0.6 is 0 Å². The summed E-state index contributed by atoms with van der Waals surface area (Å²) in [6.07, 6.45) is -3.69. The van der Waals surface area contributed by atoms with Gasteiger partial charge in [0.2, 0.25) is 0 Å². The van der Waals surface area contributed by atoms with Gasteiger partial charge in [0.1, 0.15) is 5.82 Å². The average Bonchev–Trinajstić information content (AvgIpc) is 2.75. The Morgan fingerprint density at radius 1 is 1.21 bits per heavy atom. The predicted octanol–water partition coefficient (Wildman–Crippen LogP) is 2.79. The van der Waals surface area contributed by atoms with Crippen molar-refractivity contribution in [1.82, 2.24) is 15.2 Å². The highest BCUT2D eigenvalue weighted by molar-refractivity contribution is 5.45. The summed E-state index contributed by atoms with van der Waals surface area (Å²) in [6.45, 7) is 2.36. The van der Waals surface area contributed by atoms with E-state index in [-0.39, 0.29) is 0 Å². The van der Waals surface area contributed by atoms with Gasteiger partial charge < -0.3 is 5.32 Å². The maximum atomic E-state index is 12.4. The lowest BCUT2D eigenvalue weighted by Crippen LogP contribution is -2.07. The fraction of sp³-hybridized carbons (Fsp3) is 0.333. The molecular weight excluding hydrogens is 257 g/mol. The lowest BCUT2D eigenvalue weighted by Gasteiger charge is -2.08. The van der Waals surface area contributed by atoms with E-state index < -0.39 is 11.7 Å².